The Morgan fingerprint density at radius 3 is 2.42 bits per heavy atom. The number of nitrogens with one attached hydrogen (secondary N) is 1. The van der Waals surface area contributed by atoms with Crippen LogP contribution in [0, 0.1) is 6.92 Å². The molecule has 1 rings (SSSR count). The second kappa shape index (κ2) is 6.35. The lowest BCUT2D eigenvalue weighted by Crippen LogP contribution is -2.56. The fraction of sp³-hybridized carbons (Fsp3) is 0.429. The Bertz CT molecular complexity index is 498. The molecule has 0 spiro atoms. The number of amides is 1. The van der Waals surface area contributed by atoms with Gasteiger partial charge in [-0.05, 0) is 43.5 Å². The molecule has 3 nitrogen and oxygen atoms in total. The van der Waals surface area contributed by atoms with Crippen molar-refractivity contribution in [3.05, 3.63) is 34.3 Å². The van der Waals surface area contributed by atoms with E-state index in [4.69, 9.17) is 29.6 Å². The summed E-state index contributed by atoms with van der Waals surface area (Å²) < 4.78 is 0. The molecular weight excluding hydrogens is 280 g/mol. The van der Waals surface area contributed by atoms with Gasteiger partial charge in [0.05, 0.1) is 10.5 Å². The summed E-state index contributed by atoms with van der Waals surface area (Å²) in [6, 6.07) is 5.17. The summed E-state index contributed by atoms with van der Waals surface area (Å²) in [5.74, 6) is -0.175. The Morgan fingerprint density at radius 1 is 1.42 bits per heavy atom. The number of hydrogen-bond donors (Lipinski definition) is 2. The van der Waals surface area contributed by atoms with E-state index in [0.717, 1.165) is 5.56 Å². The zero-order valence-corrected chi connectivity index (χ0v) is 13.0. The molecule has 3 N–H and O–H groups in total. The van der Waals surface area contributed by atoms with Gasteiger partial charge in [0.2, 0.25) is 0 Å². The van der Waals surface area contributed by atoms with Gasteiger partial charge in [-0.2, -0.15) is 0 Å². The Kier molecular flexibility index (Phi) is 5.32. The SMILES string of the molecule is CCC(CC)(NC(=O)c1ccc(Cl)cc1C)C(N)=S. The lowest BCUT2D eigenvalue weighted by molar-refractivity contribution is 0.0919. The first-order valence-electron chi connectivity index (χ1n) is 6.25. The van der Waals surface area contributed by atoms with E-state index >= 15 is 0 Å². The molecule has 0 saturated heterocycles. The zero-order valence-electron chi connectivity index (χ0n) is 11.4. The molecule has 104 valence electrons. The molecule has 0 aromatic heterocycles. The van der Waals surface area contributed by atoms with Crippen LogP contribution < -0.4 is 11.1 Å². The van der Waals surface area contributed by atoms with E-state index in [0.29, 0.717) is 28.4 Å². The van der Waals surface area contributed by atoms with Gasteiger partial charge in [-0.1, -0.05) is 37.7 Å². The number of thiocarbonyl (C=S) groups is 1. The monoisotopic (exact) mass is 298 g/mol. The van der Waals surface area contributed by atoms with Gasteiger partial charge in [-0.15, -0.1) is 0 Å². The summed E-state index contributed by atoms with van der Waals surface area (Å²) in [4.78, 5) is 12.7. The molecule has 5 heteroatoms. The minimum atomic E-state index is -0.626. The van der Waals surface area contributed by atoms with E-state index in [1.807, 2.05) is 20.8 Å². The van der Waals surface area contributed by atoms with Crippen LogP contribution in [-0.2, 0) is 0 Å². The maximum absolute atomic E-state index is 12.3. The summed E-state index contributed by atoms with van der Waals surface area (Å²) in [5.41, 5.74) is 6.57. The Labute approximate surface area is 124 Å². The highest BCUT2D eigenvalue weighted by Crippen LogP contribution is 2.19. The van der Waals surface area contributed by atoms with Crippen LogP contribution in [0.3, 0.4) is 0 Å². The van der Waals surface area contributed by atoms with Crippen molar-refractivity contribution in [2.75, 3.05) is 0 Å². The Balaban J connectivity index is 3.04. The van der Waals surface area contributed by atoms with Crippen molar-refractivity contribution in [3.63, 3.8) is 0 Å². The first-order valence-corrected chi connectivity index (χ1v) is 7.03. The maximum Gasteiger partial charge on any atom is 0.252 e. The molecule has 0 unspecified atom stereocenters. The van der Waals surface area contributed by atoms with Gasteiger partial charge in [0.25, 0.3) is 5.91 Å². The highest BCUT2D eigenvalue weighted by Gasteiger charge is 2.31. The fourth-order valence-electron chi connectivity index (χ4n) is 2.00. The van der Waals surface area contributed by atoms with Gasteiger partial charge in [-0.25, -0.2) is 0 Å². The van der Waals surface area contributed by atoms with E-state index in [9.17, 15) is 4.79 Å². The van der Waals surface area contributed by atoms with Crippen molar-refractivity contribution in [3.8, 4) is 0 Å². The van der Waals surface area contributed by atoms with E-state index in [1.54, 1.807) is 18.2 Å². The summed E-state index contributed by atoms with van der Waals surface area (Å²) in [7, 11) is 0. The molecule has 0 saturated carbocycles. The summed E-state index contributed by atoms with van der Waals surface area (Å²) in [6.45, 7) is 5.76. The van der Waals surface area contributed by atoms with Crippen molar-refractivity contribution in [2.24, 2.45) is 5.73 Å². The largest absolute Gasteiger partial charge is 0.391 e. The van der Waals surface area contributed by atoms with E-state index < -0.39 is 5.54 Å². The molecule has 0 aliphatic rings. The predicted octanol–water partition coefficient (Wildman–Crippen LogP) is 3.22. The highest BCUT2D eigenvalue weighted by molar-refractivity contribution is 7.80. The molecule has 0 heterocycles. The molecule has 0 aliphatic heterocycles. The second-order valence-corrected chi connectivity index (χ2v) is 5.44. The summed E-state index contributed by atoms with van der Waals surface area (Å²) in [6.07, 6.45) is 1.33. The third kappa shape index (κ3) is 3.45. The molecule has 0 aliphatic carbocycles. The molecule has 1 aromatic carbocycles. The van der Waals surface area contributed by atoms with Crippen LogP contribution in [0.25, 0.3) is 0 Å². The van der Waals surface area contributed by atoms with Crippen molar-refractivity contribution >= 4 is 34.7 Å². The predicted molar refractivity (Wildman–Crippen MR) is 83.8 cm³/mol. The maximum atomic E-state index is 12.3. The van der Waals surface area contributed by atoms with Crippen LogP contribution in [0.15, 0.2) is 18.2 Å². The first-order chi connectivity index (χ1) is 8.86. The number of hydrogen-bond acceptors (Lipinski definition) is 2. The molecule has 1 aromatic rings. The van der Waals surface area contributed by atoms with Gasteiger partial charge in [-0.3, -0.25) is 4.79 Å². The van der Waals surface area contributed by atoms with Gasteiger partial charge in [0, 0.05) is 10.6 Å². The van der Waals surface area contributed by atoms with Crippen molar-refractivity contribution in [1.82, 2.24) is 5.32 Å². The van der Waals surface area contributed by atoms with Crippen LogP contribution in [-0.4, -0.2) is 16.4 Å². The first kappa shape index (κ1) is 15.9. The molecule has 0 atom stereocenters. The van der Waals surface area contributed by atoms with E-state index in [2.05, 4.69) is 5.32 Å². The third-order valence-electron chi connectivity index (χ3n) is 3.46. The quantitative estimate of drug-likeness (QED) is 0.821. The number of aryl methyl sites for hydroxylation is 1. The summed E-state index contributed by atoms with van der Waals surface area (Å²) >= 11 is 11.0. The average molecular weight is 299 g/mol. The number of nitrogens with two attached hydrogens (primary N) is 1. The number of benzene rings is 1. The minimum absolute atomic E-state index is 0.175. The average Bonchev–Trinajstić information content (AvgIpc) is 2.35. The van der Waals surface area contributed by atoms with Gasteiger partial charge in [0.1, 0.15) is 0 Å². The highest BCUT2D eigenvalue weighted by atomic mass is 35.5. The molecule has 0 bridgehead atoms. The Hall–Kier alpha value is -1.13. The second-order valence-electron chi connectivity index (χ2n) is 4.57. The minimum Gasteiger partial charge on any atom is -0.391 e. The van der Waals surface area contributed by atoms with Crippen molar-refractivity contribution in [1.29, 1.82) is 0 Å². The van der Waals surface area contributed by atoms with Crippen molar-refractivity contribution < 1.29 is 4.79 Å². The van der Waals surface area contributed by atoms with Crippen LogP contribution in [0.2, 0.25) is 5.02 Å². The molecule has 1 amide bonds. The van der Waals surface area contributed by atoms with Gasteiger partial charge < -0.3 is 11.1 Å². The van der Waals surface area contributed by atoms with E-state index in [-0.39, 0.29) is 5.91 Å². The van der Waals surface area contributed by atoms with E-state index in [1.165, 1.54) is 0 Å². The number of carbonyl (C=O) groups is 1. The van der Waals surface area contributed by atoms with Crippen LogP contribution in [0.4, 0.5) is 0 Å². The third-order valence-corrected chi connectivity index (χ3v) is 4.09. The van der Waals surface area contributed by atoms with Gasteiger partial charge >= 0.3 is 0 Å². The van der Waals surface area contributed by atoms with Crippen molar-refractivity contribution in [2.45, 2.75) is 39.2 Å². The lowest BCUT2D eigenvalue weighted by Gasteiger charge is -2.32. The van der Waals surface area contributed by atoms with Crippen LogP contribution in [0.1, 0.15) is 42.6 Å². The van der Waals surface area contributed by atoms with Crippen LogP contribution in [0.5, 0.6) is 0 Å². The smallest absolute Gasteiger partial charge is 0.252 e. The lowest BCUT2D eigenvalue weighted by atomic mass is 9.92. The normalized spacial score (nSPS) is 11.2. The molecule has 0 radical (unpaired) electrons. The molecule has 0 fully saturated rings. The zero-order chi connectivity index (χ0) is 14.6. The molecule has 19 heavy (non-hydrogen) atoms. The topological polar surface area (TPSA) is 55.1 Å². The number of rotatable bonds is 5. The Morgan fingerprint density at radius 2 is 2.00 bits per heavy atom. The standard InChI is InChI=1S/C14H19ClN2OS/c1-4-14(5-2,13(16)19)17-12(18)11-7-6-10(15)8-9(11)3/h6-8H,4-5H2,1-3H3,(H2,16,19)(H,17,18). The fourth-order valence-corrected chi connectivity index (χ4v) is 2.57. The number of carbonyl (C=O) groups excluding carboxylic acids is 1. The van der Waals surface area contributed by atoms with Crippen LogP contribution >= 0.6 is 23.8 Å². The molecular formula is C14H19ClN2OS. The van der Waals surface area contributed by atoms with Gasteiger partial charge in [0.15, 0.2) is 0 Å². The summed E-state index contributed by atoms with van der Waals surface area (Å²) in [5, 5.41) is 3.57. The number of halogens is 1.